The number of hydrogen-bond acceptors (Lipinski definition) is 1. The molecular formula is C16H15ClFN. The predicted molar refractivity (Wildman–Crippen MR) is 76.7 cm³/mol. The van der Waals surface area contributed by atoms with Crippen LogP contribution in [0, 0.1) is 5.82 Å². The van der Waals surface area contributed by atoms with Gasteiger partial charge in [-0.2, -0.15) is 0 Å². The normalized spacial score (nSPS) is 14.6. The zero-order chi connectivity index (χ0) is 13.2. The van der Waals surface area contributed by atoms with Crippen LogP contribution >= 0.6 is 11.6 Å². The molecule has 0 saturated heterocycles. The van der Waals surface area contributed by atoms with E-state index in [1.807, 2.05) is 24.3 Å². The first-order chi connectivity index (χ1) is 9.24. The molecule has 3 heteroatoms. The molecule has 0 amide bonds. The Balaban J connectivity index is 1.93. The summed E-state index contributed by atoms with van der Waals surface area (Å²) >= 11 is 5.80. The van der Waals surface area contributed by atoms with E-state index in [0.29, 0.717) is 16.6 Å². The fourth-order valence-electron chi connectivity index (χ4n) is 2.19. The van der Waals surface area contributed by atoms with Crippen LogP contribution in [0.3, 0.4) is 0 Å². The van der Waals surface area contributed by atoms with Gasteiger partial charge in [0.05, 0.1) is 0 Å². The third kappa shape index (κ3) is 2.96. The number of nitrogens with one attached hydrogen (secondary N) is 1. The highest BCUT2D eigenvalue weighted by Crippen LogP contribution is 2.29. The van der Waals surface area contributed by atoms with Gasteiger partial charge < -0.3 is 5.32 Å². The first-order valence-corrected chi connectivity index (χ1v) is 6.88. The lowest BCUT2D eigenvalue weighted by molar-refractivity contribution is 0.630. The van der Waals surface area contributed by atoms with E-state index >= 15 is 0 Å². The van der Waals surface area contributed by atoms with Gasteiger partial charge in [-0.25, -0.2) is 4.39 Å². The van der Waals surface area contributed by atoms with Gasteiger partial charge in [0.1, 0.15) is 5.82 Å². The Morgan fingerprint density at radius 3 is 2.63 bits per heavy atom. The molecule has 0 unspecified atom stereocenters. The Morgan fingerprint density at radius 1 is 1.11 bits per heavy atom. The SMILES string of the molecule is Fc1cc(Cl)ccc1-c1ccccc1CNC1CC1. The van der Waals surface area contributed by atoms with Crippen molar-refractivity contribution in [1.29, 1.82) is 0 Å². The molecule has 3 rings (SSSR count). The van der Waals surface area contributed by atoms with Gasteiger partial charge >= 0.3 is 0 Å². The third-order valence-electron chi connectivity index (χ3n) is 3.40. The van der Waals surface area contributed by atoms with Crippen LogP contribution < -0.4 is 5.32 Å². The topological polar surface area (TPSA) is 12.0 Å². The molecule has 98 valence electrons. The van der Waals surface area contributed by atoms with Crippen LogP contribution in [-0.2, 0) is 6.54 Å². The molecule has 1 aliphatic rings. The van der Waals surface area contributed by atoms with Crippen molar-refractivity contribution in [2.24, 2.45) is 0 Å². The molecule has 0 atom stereocenters. The lowest BCUT2D eigenvalue weighted by Gasteiger charge is -2.11. The van der Waals surface area contributed by atoms with Gasteiger partial charge in [-0.05, 0) is 42.2 Å². The van der Waals surface area contributed by atoms with Crippen LogP contribution in [0.4, 0.5) is 4.39 Å². The number of hydrogen-bond donors (Lipinski definition) is 1. The minimum atomic E-state index is -0.272. The van der Waals surface area contributed by atoms with E-state index in [9.17, 15) is 4.39 Å². The fourth-order valence-corrected chi connectivity index (χ4v) is 2.35. The molecule has 0 heterocycles. The summed E-state index contributed by atoms with van der Waals surface area (Å²) in [7, 11) is 0. The van der Waals surface area contributed by atoms with E-state index in [1.165, 1.54) is 18.9 Å². The van der Waals surface area contributed by atoms with Crippen LogP contribution in [-0.4, -0.2) is 6.04 Å². The smallest absolute Gasteiger partial charge is 0.132 e. The van der Waals surface area contributed by atoms with Gasteiger partial charge in [0.15, 0.2) is 0 Å². The third-order valence-corrected chi connectivity index (χ3v) is 3.63. The lowest BCUT2D eigenvalue weighted by atomic mass is 9.99. The van der Waals surface area contributed by atoms with E-state index in [4.69, 9.17) is 11.6 Å². The van der Waals surface area contributed by atoms with Crippen LogP contribution in [0.1, 0.15) is 18.4 Å². The van der Waals surface area contributed by atoms with Crippen molar-refractivity contribution in [3.8, 4) is 11.1 Å². The monoisotopic (exact) mass is 275 g/mol. The molecule has 0 aliphatic heterocycles. The molecule has 0 bridgehead atoms. The zero-order valence-corrected chi connectivity index (χ0v) is 11.3. The highest BCUT2D eigenvalue weighted by molar-refractivity contribution is 6.30. The van der Waals surface area contributed by atoms with E-state index in [2.05, 4.69) is 5.32 Å². The summed E-state index contributed by atoms with van der Waals surface area (Å²) in [6, 6.07) is 13.4. The minimum Gasteiger partial charge on any atom is -0.310 e. The molecule has 1 saturated carbocycles. The summed E-state index contributed by atoms with van der Waals surface area (Å²) in [5.41, 5.74) is 2.66. The summed E-state index contributed by atoms with van der Waals surface area (Å²) in [6.07, 6.45) is 2.49. The van der Waals surface area contributed by atoms with Gasteiger partial charge in [-0.15, -0.1) is 0 Å². The fraction of sp³-hybridized carbons (Fsp3) is 0.250. The Kier molecular flexibility index (Phi) is 3.54. The largest absolute Gasteiger partial charge is 0.310 e. The Bertz CT molecular complexity index is 593. The lowest BCUT2D eigenvalue weighted by Crippen LogP contribution is -2.15. The van der Waals surface area contributed by atoms with Crippen molar-refractivity contribution in [3.63, 3.8) is 0 Å². The molecule has 2 aromatic carbocycles. The number of benzene rings is 2. The number of halogens is 2. The highest BCUT2D eigenvalue weighted by Gasteiger charge is 2.20. The molecule has 2 aromatic rings. The van der Waals surface area contributed by atoms with Crippen LogP contribution in [0.5, 0.6) is 0 Å². The van der Waals surface area contributed by atoms with Gasteiger partial charge in [-0.3, -0.25) is 0 Å². The maximum Gasteiger partial charge on any atom is 0.132 e. The van der Waals surface area contributed by atoms with Gasteiger partial charge in [0.2, 0.25) is 0 Å². The van der Waals surface area contributed by atoms with E-state index in [1.54, 1.807) is 12.1 Å². The Hall–Kier alpha value is -1.38. The molecule has 0 radical (unpaired) electrons. The van der Waals surface area contributed by atoms with E-state index in [0.717, 1.165) is 17.7 Å². The summed E-state index contributed by atoms with van der Waals surface area (Å²) < 4.78 is 14.0. The second-order valence-electron chi connectivity index (χ2n) is 4.94. The van der Waals surface area contributed by atoms with Crippen LogP contribution in [0.25, 0.3) is 11.1 Å². The average molecular weight is 276 g/mol. The summed E-state index contributed by atoms with van der Waals surface area (Å²) in [5.74, 6) is -0.272. The van der Waals surface area contributed by atoms with Crippen LogP contribution in [0.15, 0.2) is 42.5 Å². The molecule has 1 aliphatic carbocycles. The molecule has 1 fully saturated rings. The molecular weight excluding hydrogens is 261 g/mol. The van der Waals surface area contributed by atoms with Gasteiger partial charge in [-0.1, -0.05) is 35.9 Å². The van der Waals surface area contributed by atoms with Crippen molar-refractivity contribution in [1.82, 2.24) is 5.32 Å². The maximum atomic E-state index is 14.0. The summed E-state index contributed by atoms with van der Waals surface area (Å²) in [5, 5.41) is 3.89. The molecule has 1 nitrogen and oxygen atoms in total. The first kappa shape index (κ1) is 12.6. The highest BCUT2D eigenvalue weighted by atomic mass is 35.5. The van der Waals surface area contributed by atoms with Gasteiger partial charge in [0, 0.05) is 23.2 Å². The second-order valence-corrected chi connectivity index (χ2v) is 5.37. The van der Waals surface area contributed by atoms with Crippen molar-refractivity contribution in [2.45, 2.75) is 25.4 Å². The number of rotatable bonds is 4. The average Bonchev–Trinajstić information content (AvgIpc) is 3.21. The summed E-state index contributed by atoms with van der Waals surface area (Å²) in [6.45, 7) is 0.781. The van der Waals surface area contributed by atoms with Crippen molar-refractivity contribution >= 4 is 11.6 Å². The first-order valence-electron chi connectivity index (χ1n) is 6.51. The Morgan fingerprint density at radius 2 is 1.89 bits per heavy atom. The van der Waals surface area contributed by atoms with Crippen LogP contribution in [0.2, 0.25) is 5.02 Å². The quantitative estimate of drug-likeness (QED) is 0.872. The Labute approximate surface area is 117 Å². The summed E-state index contributed by atoms with van der Waals surface area (Å²) in [4.78, 5) is 0. The maximum absolute atomic E-state index is 14.0. The second kappa shape index (κ2) is 5.32. The molecule has 0 spiro atoms. The van der Waals surface area contributed by atoms with E-state index in [-0.39, 0.29) is 5.82 Å². The van der Waals surface area contributed by atoms with Crippen molar-refractivity contribution < 1.29 is 4.39 Å². The van der Waals surface area contributed by atoms with Gasteiger partial charge in [0.25, 0.3) is 0 Å². The molecule has 0 aromatic heterocycles. The standard InChI is InChI=1S/C16H15ClFN/c17-12-5-8-15(16(18)9-12)14-4-2-1-3-11(14)10-19-13-6-7-13/h1-5,8-9,13,19H,6-7,10H2. The zero-order valence-electron chi connectivity index (χ0n) is 10.5. The molecule has 1 N–H and O–H groups in total. The molecule has 19 heavy (non-hydrogen) atoms. The minimum absolute atomic E-state index is 0.272. The van der Waals surface area contributed by atoms with Crippen molar-refractivity contribution in [3.05, 3.63) is 58.9 Å². The van der Waals surface area contributed by atoms with Crippen molar-refractivity contribution in [2.75, 3.05) is 0 Å². The van der Waals surface area contributed by atoms with E-state index < -0.39 is 0 Å². The predicted octanol–water partition coefficient (Wildman–Crippen LogP) is 4.40.